The lowest BCUT2D eigenvalue weighted by Crippen LogP contribution is -2.44. The van der Waals surface area contributed by atoms with Crippen LogP contribution >= 0.6 is 0 Å². The van der Waals surface area contributed by atoms with Gasteiger partial charge in [-0.25, -0.2) is 4.79 Å². The molecule has 0 rings (SSSR count). The van der Waals surface area contributed by atoms with Crippen molar-refractivity contribution in [2.24, 2.45) is 5.73 Å². The summed E-state index contributed by atoms with van der Waals surface area (Å²) in [5, 5.41) is 2.56. The van der Waals surface area contributed by atoms with E-state index in [1.807, 2.05) is 0 Å². The summed E-state index contributed by atoms with van der Waals surface area (Å²) in [5.74, 6) is -0.682. The van der Waals surface area contributed by atoms with Crippen molar-refractivity contribution in [2.45, 2.75) is 38.8 Å². The van der Waals surface area contributed by atoms with E-state index >= 15 is 0 Å². The molecule has 0 spiro atoms. The van der Waals surface area contributed by atoms with E-state index in [1.165, 1.54) is 6.08 Å². The third-order valence-corrected chi connectivity index (χ3v) is 1.42. The molecule has 0 aliphatic heterocycles. The van der Waals surface area contributed by atoms with Crippen molar-refractivity contribution in [3.8, 4) is 0 Å². The van der Waals surface area contributed by atoms with Gasteiger partial charge in [0.05, 0.1) is 0 Å². The molecule has 1 atom stereocenters. The van der Waals surface area contributed by atoms with E-state index in [4.69, 9.17) is 10.5 Å². The van der Waals surface area contributed by atoms with Gasteiger partial charge in [0.1, 0.15) is 0 Å². The number of amides is 2. The van der Waals surface area contributed by atoms with Crippen molar-refractivity contribution in [3.05, 3.63) is 12.7 Å². The van der Waals surface area contributed by atoms with E-state index in [2.05, 4.69) is 11.9 Å². The van der Waals surface area contributed by atoms with Gasteiger partial charge >= 0.3 is 6.09 Å². The van der Waals surface area contributed by atoms with Crippen LogP contribution in [0.4, 0.5) is 4.79 Å². The largest absolute Gasteiger partial charge is 0.436 e. The smallest absolute Gasteiger partial charge is 0.408 e. The Labute approximate surface area is 89.7 Å². The molecule has 3 N–H and O–H groups in total. The van der Waals surface area contributed by atoms with Crippen LogP contribution in [0, 0.1) is 0 Å². The van der Waals surface area contributed by atoms with Gasteiger partial charge in [-0.3, -0.25) is 4.79 Å². The summed E-state index contributed by atoms with van der Waals surface area (Å²) in [6, 6.07) is 0. The lowest BCUT2D eigenvalue weighted by atomic mass is 10.1. The van der Waals surface area contributed by atoms with Gasteiger partial charge in [0.2, 0.25) is 0 Å². The van der Waals surface area contributed by atoms with Crippen molar-refractivity contribution in [1.82, 2.24) is 5.32 Å². The average Bonchev–Trinajstić information content (AvgIpc) is 1.99. The molecule has 0 radical (unpaired) electrons. The van der Waals surface area contributed by atoms with E-state index in [1.54, 1.807) is 20.8 Å². The molecule has 1 unspecified atom stereocenters. The molecule has 0 aliphatic carbocycles. The van der Waals surface area contributed by atoms with Gasteiger partial charge in [0.25, 0.3) is 5.91 Å². The molecular weight excluding hydrogens is 196 g/mol. The highest BCUT2D eigenvalue weighted by molar-refractivity contribution is 5.82. The third kappa shape index (κ3) is 6.54. The third-order valence-electron chi connectivity index (χ3n) is 1.42. The lowest BCUT2D eigenvalue weighted by molar-refractivity contribution is -0.126. The van der Waals surface area contributed by atoms with E-state index in [0.29, 0.717) is 0 Å². The molecule has 0 aromatic rings. The molecule has 0 aliphatic rings. The van der Waals surface area contributed by atoms with Gasteiger partial charge in [-0.2, -0.15) is 0 Å². The van der Waals surface area contributed by atoms with Crippen LogP contribution in [0.3, 0.4) is 0 Å². The van der Waals surface area contributed by atoms with Gasteiger partial charge in [0.15, 0.2) is 6.10 Å². The predicted molar refractivity (Wildman–Crippen MR) is 57.2 cm³/mol. The summed E-state index contributed by atoms with van der Waals surface area (Å²) < 4.78 is 4.83. The van der Waals surface area contributed by atoms with Crippen LogP contribution in [0.5, 0.6) is 0 Å². The Bertz CT molecular complexity index is 256. The van der Waals surface area contributed by atoms with Crippen LogP contribution in [0.25, 0.3) is 0 Å². The molecule has 0 aromatic heterocycles. The van der Waals surface area contributed by atoms with E-state index in [9.17, 15) is 9.59 Å². The second kappa shape index (κ2) is 5.38. The predicted octanol–water partition coefficient (Wildman–Crippen LogP) is 0.941. The Kier molecular flexibility index (Phi) is 4.84. The van der Waals surface area contributed by atoms with E-state index in [0.717, 1.165) is 0 Å². The van der Waals surface area contributed by atoms with Crippen LogP contribution < -0.4 is 11.1 Å². The first-order valence-corrected chi connectivity index (χ1v) is 4.65. The van der Waals surface area contributed by atoms with E-state index in [-0.39, 0.29) is 6.42 Å². The maximum absolute atomic E-state index is 11.3. The zero-order valence-electron chi connectivity index (χ0n) is 9.37. The highest BCUT2D eigenvalue weighted by atomic mass is 16.6. The molecule has 86 valence electrons. The molecule has 0 bridgehead atoms. The minimum atomic E-state index is -0.954. The van der Waals surface area contributed by atoms with Crippen molar-refractivity contribution in [2.75, 3.05) is 0 Å². The first-order valence-electron chi connectivity index (χ1n) is 4.65. The fraction of sp³-hybridized carbons (Fsp3) is 0.600. The van der Waals surface area contributed by atoms with Crippen LogP contribution in [0.15, 0.2) is 12.7 Å². The molecule has 2 amide bonds. The number of hydrogen-bond acceptors (Lipinski definition) is 3. The first kappa shape index (κ1) is 13.5. The monoisotopic (exact) mass is 214 g/mol. The number of carbonyl (C=O) groups is 2. The van der Waals surface area contributed by atoms with Crippen molar-refractivity contribution < 1.29 is 14.3 Å². The maximum Gasteiger partial charge on any atom is 0.408 e. The summed E-state index contributed by atoms with van der Waals surface area (Å²) in [7, 11) is 0. The van der Waals surface area contributed by atoms with Gasteiger partial charge in [-0.15, -0.1) is 6.58 Å². The summed E-state index contributed by atoms with van der Waals surface area (Å²) >= 11 is 0. The van der Waals surface area contributed by atoms with Crippen LogP contribution in [-0.4, -0.2) is 23.6 Å². The summed E-state index contributed by atoms with van der Waals surface area (Å²) in [4.78, 5) is 22.1. The number of carbonyl (C=O) groups excluding carboxylic acids is 2. The van der Waals surface area contributed by atoms with Crippen LogP contribution in [0.2, 0.25) is 0 Å². The molecule has 0 aromatic carbocycles. The minimum Gasteiger partial charge on any atom is -0.436 e. The summed E-state index contributed by atoms with van der Waals surface area (Å²) in [6.45, 7) is 8.87. The standard InChI is InChI=1S/C10H18N2O3/c1-5-6-7(8(11)13)15-9(14)12-10(2,3)4/h5,7H,1,6H2,2-4H3,(H2,11,13)(H,12,14). The normalized spacial score (nSPS) is 12.7. The van der Waals surface area contributed by atoms with Crippen molar-refractivity contribution in [1.29, 1.82) is 0 Å². The van der Waals surface area contributed by atoms with Crippen LogP contribution in [0.1, 0.15) is 27.2 Å². The van der Waals surface area contributed by atoms with Crippen molar-refractivity contribution in [3.63, 3.8) is 0 Å². The van der Waals surface area contributed by atoms with Crippen molar-refractivity contribution >= 4 is 12.0 Å². The highest BCUT2D eigenvalue weighted by Gasteiger charge is 2.21. The Morgan fingerprint density at radius 2 is 2.07 bits per heavy atom. The number of primary amides is 1. The maximum atomic E-state index is 11.3. The van der Waals surface area contributed by atoms with Gasteiger partial charge < -0.3 is 15.8 Å². The molecule has 0 saturated carbocycles. The van der Waals surface area contributed by atoms with E-state index < -0.39 is 23.6 Å². The Morgan fingerprint density at radius 1 is 1.53 bits per heavy atom. The molecule has 0 saturated heterocycles. The fourth-order valence-corrected chi connectivity index (χ4v) is 0.839. The molecular formula is C10H18N2O3. The number of alkyl carbamates (subject to hydrolysis) is 1. The molecule has 5 nitrogen and oxygen atoms in total. The number of ether oxygens (including phenoxy) is 1. The first-order chi connectivity index (χ1) is 6.76. The number of rotatable bonds is 4. The molecule has 15 heavy (non-hydrogen) atoms. The summed E-state index contributed by atoms with van der Waals surface area (Å²) in [6.07, 6.45) is 0.0742. The topological polar surface area (TPSA) is 81.4 Å². The number of hydrogen-bond donors (Lipinski definition) is 2. The second-order valence-corrected chi connectivity index (χ2v) is 4.20. The Morgan fingerprint density at radius 3 is 2.40 bits per heavy atom. The van der Waals surface area contributed by atoms with Crippen LogP contribution in [-0.2, 0) is 9.53 Å². The summed E-state index contributed by atoms with van der Waals surface area (Å²) in [5.41, 5.74) is 4.63. The lowest BCUT2D eigenvalue weighted by Gasteiger charge is -2.21. The zero-order valence-corrected chi connectivity index (χ0v) is 9.37. The van der Waals surface area contributed by atoms with Gasteiger partial charge in [-0.1, -0.05) is 6.08 Å². The fourth-order valence-electron chi connectivity index (χ4n) is 0.839. The Balaban J connectivity index is 4.23. The zero-order chi connectivity index (χ0) is 12.1. The number of nitrogens with two attached hydrogens (primary N) is 1. The minimum absolute atomic E-state index is 0.215. The highest BCUT2D eigenvalue weighted by Crippen LogP contribution is 2.03. The SMILES string of the molecule is C=CCC(OC(=O)NC(C)(C)C)C(N)=O. The van der Waals surface area contributed by atoms with Gasteiger partial charge in [-0.05, 0) is 20.8 Å². The second-order valence-electron chi connectivity index (χ2n) is 4.20. The average molecular weight is 214 g/mol. The molecule has 5 heteroatoms. The quantitative estimate of drug-likeness (QED) is 0.683. The Hall–Kier alpha value is -1.52. The number of nitrogens with one attached hydrogen (secondary N) is 1. The van der Waals surface area contributed by atoms with Gasteiger partial charge in [0, 0.05) is 12.0 Å². The molecule has 0 fully saturated rings. The molecule has 0 heterocycles.